The number of nitrogens with zero attached hydrogens (tertiary/aromatic N) is 4. The van der Waals surface area contributed by atoms with Crippen LogP contribution in [-0.4, -0.2) is 24.4 Å². The molecule has 0 saturated carbocycles. The third-order valence-corrected chi connectivity index (χ3v) is 4.36. The molecule has 0 fully saturated rings. The third kappa shape index (κ3) is 2.38. The van der Waals surface area contributed by atoms with Crippen molar-refractivity contribution in [3.63, 3.8) is 0 Å². The van der Waals surface area contributed by atoms with Crippen molar-refractivity contribution in [3.8, 4) is 0 Å². The van der Waals surface area contributed by atoms with Crippen LogP contribution in [0.5, 0.6) is 0 Å². The van der Waals surface area contributed by atoms with Crippen LogP contribution in [0.3, 0.4) is 0 Å². The van der Waals surface area contributed by atoms with Gasteiger partial charge in [0.25, 0.3) is 0 Å². The number of hydrogen-bond acceptors (Lipinski definition) is 5. The molecule has 0 unspecified atom stereocenters. The molecule has 0 aliphatic heterocycles. The minimum absolute atomic E-state index is 0.157. The predicted octanol–water partition coefficient (Wildman–Crippen LogP) is 2.97. The molecule has 1 aromatic carbocycles. The number of aromatic nitrogens is 4. The Balaban J connectivity index is 2.02. The van der Waals surface area contributed by atoms with Gasteiger partial charge in [-0.15, -0.1) is 0 Å². The number of rotatable bonds is 3. The summed E-state index contributed by atoms with van der Waals surface area (Å²) < 4.78 is 1.62. The van der Waals surface area contributed by atoms with Gasteiger partial charge in [0.15, 0.2) is 10.2 Å². The molecule has 0 amide bonds. The fourth-order valence-electron chi connectivity index (χ4n) is 2.04. The molecular formula is C13H13N5O2S. The normalized spacial score (nSPS) is 11.2. The second-order valence-corrected chi connectivity index (χ2v) is 5.82. The lowest BCUT2D eigenvalue weighted by Crippen LogP contribution is -1.93. The molecule has 3 aromatic rings. The number of hydrogen-bond donors (Lipinski definition) is 1. The summed E-state index contributed by atoms with van der Waals surface area (Å²) >= 11 is 1.21. The Morgan fingerprint density at radius 2 is 2.05 bits per heavy atom. The third-order valence-electron chi connectivity index (χ3n) is 3.31. The van der Waals surface area contributed by atoms with Crippen molar-refractivity contribution in [3.05, 3.63) is 39.7 Å². The zero-order valence-electron chi connectivity index (χ0n) is 11.7. The highest BCUT2D eigenvalue weighted by Crippen LogP contribution is 2.33. The Labute approximate surface area is 124 Å². The van der Waals surface area contributed by atoms with Gasteiger partial charge in [-0.1, -0.05) is 0 Å². The van der Waals surface area contributed by atoms with Crippen molar-refractivity contribution in [2.75, 3.05) is 0 Å². The van der Waals surface area contributed by atoms with Crippen molar-refractivity contribution in [1.82, 2.24) is 19.5 Å². The average molecular weight is 303 g/mol. The molecule has 0 atom stereocenters. The second kappa shape index (κ2) is 4.88. The highest BCUT2D eigenvalue weighted by Gasteiger charge is 2.22. The van der Waals surface area contributed by atoms with Crippen molar-refractivity contribution >= 4 is 28.6 Å². The zero-order valence-corrected chi connectivity index (χ0v) is 12.6. The van der Waals surface area contributed by atoms with Crippen LogP contribution in [0.1, 0.15) is 11.1 Å². The first-order valence-electron chi connectivity index (χ1n) is 6.26. The van der Waals surface area contributed by atoms with Crippen LogP contribution in [0, 0.1) is 24.0 Å². The van der Waals surface area contributed by atoms with Crippen molar-refractivity contribution in [2.45, 2.75) is 24.0 Å². The van der Waals surface area contributed by atoms with Gasteiger partial charge < -0.3 is 19.7 Å². The van der Waals surface area contributed by atoms with E-state index in [1.165, 1.54) is 23.7 Å². The molecule has 0 spiro atoms. The van der Waals surface area contributed by atoms with Crippen LogP contribution in [0.25, 0.3) is 11.0 Å². The van der Waals surface area contributed by atoms with E-state index in [0.29, 0.717) is 10.2 Å². The van der Waals surface area contributed by atoms with Crippen LogP contribution in [0.4, 0.5) is 5.82 Å². The van der Waals surface area contributed by atoms with Crippen LogP contribution >= 0.6 is 11.8 Å². The first kappa shape index (κ1) is 13.6. The summed E-state index contributed by atoms with van der Waals surface area (Å²) in [6.45, 7) is 4.07. The minimum atomic E-state index is -0.487. The largest absolute Gasteiger partial charge is 0.396 e. The Morgan fingerprint density at radius 3 is 2.76 bits per heavy atom. The maximum Gasteiger partial charge on any atom is 0.396 e. The molecule has 108 valence electrons. The van der Waals surface area contributed by atoms with E-state index in [9.17, 15) is 10.1 Å². The van der Waals surface area contributed by atoms with Crippen LogP contribution in [-0.2, 0) is 7.05 Å². The lowest BCUT2D eigenvalue weighted by Gasteiger charge is -1.98. The van der Waals surface area contributed by atoms with Gasteiger partial charge in [-0.25, -0.2) is 4.98 Å². The van der Waals surface area contributed by atoms with E-state index >= 15 is 0 Å². The molecule has 2 aromatic heterocycles. The Bertz CT molecular complexity index is 813. The number of H-pyrrole nitrogens is 1. The SMILES string of the molecule is Cc1cc2nc(Sc3c([N+](=O)[O-])ncn3C)[nH]c2cc1C. The summed E-state index contributed by atoms with van der Waals surface area (Å²) in [5, 5.41) is 12.0. The fourth-order valence-corrected chi connectivity index (χ4v) is 2.93. The number of nitrogens with one attached hydrogen (secondary N) is 1. The average Bonchev–Trinajstić information content (AvgIpc) is 2.95. The van der Waals surface area contributed by atoms with E-state index in [-0.39, 0.29) is 5.82 Å². The Kier molecular flexibility index (Phi) is 3.17. The molecule has 0 bridgehead atoms. The van der Waals surface area contributed by atoms with Crippen molar-refractivity contribution in [2.24, 2.45) is 7.05 Å². The molecule has 0 aliphatic carbocycles. The molecule has 0 saturated heterocycles. The van der Waals surface area contributed by atoms with Gasteiger partial charge in [-0.05, 0) is 58.8 Å². The zero-order chi connectivity index (χ0) is 15.1. The molecule has 2 heterocycles. The summed E-state index contributed by atoms with van der Waals surface area (Å²) in [4.78, 5) is 21.9. The minimum Gasteiger partial charge on any atom is -0.358 e. The quantitative estimate of drug-likeness (QED) is 0.593. The van der Waals surface area contributed by atoms with Crippen LogP contribution in [0.2, 0.25) is 0 Å². The molecular weight excluding hydrogens is 290 g/mol. The van der Waals surface area contributed by atoms with Gasteiger partial charge in [-0.3, -0.25) is 0 Å². The molecule has 8 heteroatoms. The maximum absolute atomic E-state index is 11.0. The Hall–Kier alpha value is -2.35. The van der Waals surface area contributed by atoms with E-state index in [2.05, 4.69) is 15.0 Å². The van der Waals surface area contributed by atoms with Crippen LogP contribution in [0.15, 0.2) is 28.6 Å². The van der Waals surface area contributed by atoms with E-state index in [4.69, 9.17) is 0 Å². The standard InChI is InChI=1S/C13H13N5O2S/c1-7-4-9-10(5-8(7)2)16-13(15-9)21-12-11(18(19)20)14-6-17(12)3/h4-6H,1-3H3,(H,15,16). The van der Waals surface area contributed by atoms with Gasteiger partial charge in [-0.2, -0.15) is 0 Å². The molecule has 1 N–H and O–H groups in total. The van der Waals surface area contributed by atoms with E-state index in [0.717, 1.165) is 16.6 Å². The molecule has 0 radical (unpaired) electrons. The molecule has 21 heavy (non-hydrogen) atoms. The van der Waals surface area contributed by atoms with E-state index < -0.39 is 4.92 Å². The number of nitro groups is 1. The van der Waals surface area contributed by atoms with E-state index in [1.54, 1.807) is 11.6 Å². The predicted molar refractivity (Wildman–Crippen MR) is 79.6 cm³/mol. The summed E-state index contributed by atoms with van der Waals surface area (Å²) in [6, 6.07) is 4.03. The molecule has 0 aliphatic rings. The van der Waals surface area contributed by atoms with Gasteiger partial charge >= 0.3 is 5.82 Å². The first-order valence-corrected chi connectivity index (χ1v) is 7.08. The highest BCUT2D eigenvalue weighted by molar-refractivity contribution is 7.99. The molecule has 3 rings (SSSR count). The monoisotopic (exact) mass is 303 g/mol. The van der Waals surface area contributed by atoms with Gasteiger partial charge in [0, 0.05) is 7.05 Å². The second-order valence-electron chi connectivity index (χ2n) is 4.84. The lowest BCUT2D eigenvalue weighted by molar-refractivity contribution is -0.392. The molecule has 7 nitrogen and oxygen atoms in total. The summed E-state index contributed by atoms with van der Waals surface area (Å²) in [6.07, 6.45) is 1.43. The van der Waals surface area contributed by atoms with Crippen molar-refractivity contribution in [1.29, 1.82) is 0 Å². The van der Waals surface area contributed by atoms with Gasteiger partial charge in [0.2, 0.25) is 6.33 Å². The van der Waals surface area contributed by atoms with E-state index in [1.807, 2.05) is 26.0 Å². The number of aromatic amines is 1. The van der Waals surface area contributed by atoms with Crippen LogP contribution < -0.4 is 0 Å². The number of benzene rings is 1. The fraction of sp³-hybridized carbons (Fsp3) is 0.231. The smallest absolute Gasteiger partial charge is 0.358 e. The maximum atomic E-state index is 11.0. The number of aryl methyl sites for hydroxylation is 3. The first-order chi connectivity index (χ1) is 9.95. The number of fused-ring (bicyclic) bond motifs is 1. The summed E-state index contributed by atoms with van der Waals surface area (Å²) in [5.41, 5.74) is 4.11. The van der Waals surface area contributed by atoms with Gasteiger partial charge in [0.1, 0.15) is 0 Å². The lowest BCUT2D eigenvalue weighted by atomic mass is 10.1. The summed E-state index contributed by atoms with van der Waals surface area (Å²) in [7, 11) is 1.72. The highest BCUT2D eigenvalue weighted by atomic mass is 32.2. The van der Waals surface area contributed by atoms with Gasteiger partial charge in [0.05, 0.1) is 11.0 Å². The Morgan fingerprint density at radius 1 is 1.33 bits per heavy atom. The van der Waals surface area contributed by atoms with Crippen molar-refractivity contribution < 1.29 is 4.92 Å². The summed E-state index contributed by atoms with van der Waals surface area (Å²) in [5.74, 6) is -0.157. The number of imidazole rings is 2. The topological polar surface area (TPSA) is 89.6 Å².